The zero-order valence-electron chi connectivity index (χ0n) is 16.1. The number of ether oxygens (including phenoxy) is 1. The highest BCUT2D eigenvalue weighted by Crippen LogP contribution is 2.28. The number of fused-ring (bicyclic) bond motifs is 1. The summed E-state index contributed by atoms with van der Waals surface area (Å²) in [6, 6.07) is 18.5. The lowest BCUT2D eigenvalue weighted by Crippen LogP contribution is -2.30. The molecule has 3 aromatic rings. The van der Waals surface area contributed by atoms with Crippen molar-refractivity contribution in [3.05, 3.63) is 66.2 Å². The molecule has 0 unspecified atom stereocenters. The van der Waals surface area contributed by atoms with E-state index in [1.54, 1.807) is 36.4 Å². The summed E-state index contributed by atoms with van der Waals surface area (Å²) in [5.74, 6) is -0.171. The predicted molar refractivity (Wildman–Crippen MR) is 116 cm³/mol. The first-order chi connectivity index (χ1) is 14.6. The third kappa shape index (κ3) is 4.91. The molecule has 1 fully saturated rings. The van der Waals surface area contributed by atoms with E-state index in [4.69, 9.17) is 10.00 Å². The Morgan fingerprint density at radius 3 is 2.43 bits per heavy atom. The van der Waals surface area contributed by atoms with Gasteiger partial charge >= 0.3 is 0 Å². The molecule has 0 heterocycles. The molecule has 0 spiro atoms. The van der Waals surface area contributed by atoms with E-state index in [-0.39, 0.29) is 24.5 Å². The van der Waals surface area contributed by atoms with Crippen molar-refractivity contribution >= 4 is 40.0 Å². The molecule has 2 amide bonds. The smallest absolute Gasteiger partial charge is 0.259 e. The van der Waals surface area contributed by atoms with Crippen LogP contribution in [-0.4, -0.2) is 24.5 Å². The summed E-state index contributed by atoms with van der Waals surface area (Å²) in [5.41, 5.74) is 0.955. The summed E-state index contributed by atoms with van der Waals surface area (Å²) in [5, 5.41) is 18.3. The molecule has 0 atom stereocenters. The lowest BCUT2D eigenvalue weighted by Gasteiger charge is -2.13. The van der Waals surface area contributed by atoms with E-state index in [0.29, 0.717) is 17.0 Å². The molecule has 2 N–H and O–H groups in total. The van der Waals surface area contributed by atoms with Crippen LogP contribution in [0.15, 0.2) is 65.6 Å². The topological polar surface area (TPSA) is 91.2 Å². The maximum Gasteiger partial charge on any atom is 0.259 e. The number of hydrogen-bond acceptors (Lipinski definition) is 5. The second-order valence-electron chi connectivity index (χ2n) is 7.00. The van der Waals surface area contributed by atoms with Gasteiger partial charge < -0.3 is 15.4 Å². The molecule has 0 aliphatic heterocycles. The lowest BCUT2D eigenvalue weighted by atomic mass is 10.1. The van der Waals surface area contributed by atoms with E-state index in [2.05, 4.69) is 10.6 Å². The number of anilines is 1. The zero-order chi connectivity index (χ0) is 20.9. The zero-order valence-corrected chi connectivity index (χ0v) is 16.9. The first-order valence-corrected chi connectivity index (χ1v) is 10.4. The number of carbonyl (C=O) groups is 2. The largest absolute Gasteiger partial charge is 0.483 e. The minimum Gasteiger partial charge on any atom is -0.483 e. The Hall–Kier alpha value is -3.50. The molecule has 30 heavy (non-hydrogen) atoms. The molecule has 1 saturated carbocycles. The van der Waals surface area contributed by atoms with Crippen molar-refractivity contribution in [2.75, 3.05) is 11.9 Å². The van der Waals surface area contributed by atoms with Gasteiger partial charge in [0.25, 0.3) is 11.8 Å². The molecule has 3 aromatic carbocycles. The van der Waals surface area contributed by atoms with Crippen molar-refractivity contribution in [2.45, 2.75) is 23.8 Å². The molecule has 150 valence electrons. The first-order valence-electron chi connectivity index (χ1n) is 9.55. The van der Waals surface area contributed by atoms with Crippen LogP contribution >= 0.6 is 11.8 Å². The quantitative estimate of drug-likeness (QED) is 0.441. The monoisotopic (exact) mass is 417 g/mol. The Morgan fingerprint density at radius 1 is 1.07 bits per heavy atom. The number of benzene rings is 3. The number of thiocyanates is 1. The Bertz CT molecular complexity index is 1130. The van der Waals surface area contributed by atoms with Crippen LogP contribution in [0.1, 0.15) is 23.2 Å². The number of hydrogen-bond donors (Lipinski definition) is 2. The number of nitrogens with one attached hydrogen (secondary N) is 2. The highest BCUT2D eigenvalue weighted by atomic mass is 32.2. The molecule has 4 rings (SSSR count). The van der Waals surface area contributed by atoms with Gasteiger partial charge in [0.05, 0.1) is 5.56 Å². The average Bonchev–Trinajstić information content (AvgIpc) is 3.57. The van der Waals surface area contributed by atoms with Crippen LogP contribution in [0.3, 0.4) is 0 Å². The molecular weight excluding hydrogens is 398 g/mol. The molecule has 7 heteroatoms. The normalized spacial score (nSPS) is 12.8. The number of thioether (sulfide) groups is 1. The van der Waals surface area contributed by atoms with Gasteiger partial charge in [-0.2, -0.15) is 5.26 Å². The maximum absolute atomic E-state index is 13.0. The second-order valence-corrected chi connectivity index (χ2v) is 7.86. The van der Waals surface area contributed by atoms with Crippen molar-refractivity contribution < 1.29 is 14.3 Å². The van der Waals surface area contributed by atoms with Gasteiger partial charge in [0.2, 0.25) is 0 Å². The Kier molecular flexibility index (Phi) is 5.87. The number of nitriles is 1. The molecule has 6 nitrogen and oxygen atoms in total. The molecular formula is C23H19N3O3S. The fraction of sp³-hybridized carbons (Fsp3) is 0.174. The third-order valence-electron chi connectivity index (χ3n) is 4.67. The maximum atomic E-state index is 13.0. The van der Waals surface area contributed by atoms with Gasteiger partial charge in [-0.25, -0.2) is 0 Å². The Balaban J connectivity index is 1.55. The van der Waals surface area contributed by atoms with Crippen molar-refractivity contribution in [3.8, 4) is 11.2 Å². The number of nitrogens with zero attached hydrogens (tertiary/aromatic N) is 1. The molecule has 1 aliphatic rings. The Morgan fingerprint density at radius 2 is 1.77 bits per heavy atom. The summed E-state index contributed by atoms with van der Waals surface area (Å²) in [6.45, 7) is -0.144. The van der Waals surface area contributed by atoms with Gasteiger partial charge in [0.1, 0.15) is 11.2 Å². The summed E-state index contributed by atoms with van der Waals surface area (Å²) in [7, 11) is 0. The number of carbonyl (C=O) groups excluding carboxylic acids is 2. The predicted octanol–water partition coefficient (Wildman–Crippen LogP) is 4.32. The van der Waals surface area contributed by atoms with Crippen LogP contribution in [0.2, 0.25) is 0 Å². The van der Waals surface area contributed by atoms with Gasteiger partial charge in [0.15, 0.2) is 6.61 Å². The van der Waals surface area contributed by atoms with Crippen molar-refractivity contribution in [1.82, 2.24) is 5.32 Å². The molecule has 0 radical (unpaired) electrons. The minimum absolute atomic E-state index is 0.144. The van der Waals surface area contributed by atoms with Gasteiger partial charge in [-0.3, -0.25) is 9.59 Å². The van der Waals surface area contributed by atoms with Crippen LogP contribution in [0, 0.1) is 10.7 Å². The minimum atomic E-state index is -0.334. The van der Waals surface area contributed by atoms with E-state index in [1.165, 1.54) is 0 Å². The van der Waals surface area contributed by atoms with Crippen molar-refractivity contribution in [1.29, 1.82) is 5.26 Å². The summed E-state index contributed by atoms with van der Waals surface area (Å²) in [4.78, 5) is 25.8. The molecule has 0 bridgehead atoms. The van der Waals surface area contributed by atoms with Crippen LogP contribution in [0.5, 0.6) is 5.75 Å². The molecule has 0 saturated heterocycles. The van der Waals surface area contributed by atoms with E-state index in [9.17, 15) is 9.59 Å². The van der Waals surface area contributed by atoms with E-state index in [0.717, 1.165) is 40.3 Å². The Labute approximate surface area is 178 Å². The number of rotatable bonds is 7. The van der Waals surface area contributed by atoms with Gasteiger partial charge in [-0.15, -0.1) is 0 Å². The van der Waals surface area contributed by atoms with Crippen LogP contribution < -0.4 is 15.4 Å². The van der Waals surface area contributed by atoms with E-state index in [1.807, 2.05) is 29.7 Å². The summed E-state index contributed by atoms with van der Waals surface area (Å²) < 4.78 is 5.73. The summed E-state index contributed by atoms with van der Waals surface area (Å²) >= 11 is 1.06. The van der Waals surface area contributed by atoms with E-state index >= 15 is 0 Å². The standard InChI is InChI=1S/C23H19N3O3S/c24-14-30-19-9-7-18(8-10-19)26-23(28)20-11-15-3-1-2-4-16(15)12-21(20)29-13-22(27)25-17-5-6-17/h1-4,7-12,17H,5-6,13H2,(H,25,27)(H,26,28). The van der Waals surface area contributed by atoms with Gasteiger partial charge in [0, 0.05) is 16.6 Å². The fourth-order valence-electron chi connectivity index (χ4n) is 3.01. The fourth-order valence-corrected chi connectivity index (χ4v) is 3.39. The highest BCUT2D eigenvalue weighted by molar-refractivity contribution is 8.03. The van der Waals surface area contributed by atoms with Crippen molar-refractivity contribution in [3.63, 3.8) is 0 Å². The molecule has 1 aliphatic carbocycles. The SMILES string of the molecule is N#CSc1ccc(NC(=O)c2cc3ccccc3cc2OCC(=O)NC2CC2)cc1. The van der Waals surface area contributed by atoms with Crippen LogP contribution in [-0.2, 0) is 4.79 Å². The van der Waals surface area contributed by atoms with E-state index < -0.39 is 0 Å². The van der Waals surface area contributed by atoms with Gasteiger partial charge in [-0.1, -0.05) is 24.3 Å². The average molecular weight is 417 g/mol. The van der Waals surface area contributed by atoms with Crippen molar-refractivity contribution in [2.24, 2.45) is 0 Å². The van der Waals surface area contributed by atoms with Crippen LogP contribution in [0.25, 0.3) is 10.8 Å². The second kappa shape index (κ2) is 8.89. The first kappa shape index (κ1) is 19.8. The highest BCUT2D eigenvalue weighted by Gasteiger charge is 2.23. The number of amides is 2. The van der Waals surface area contributed by atoms with Gasteiger partial charge in [-0.05, 0) is 71.8 Å². The molecule has 0 aromatic heterocycles. The lowest BCUT2D eigenvalue weighted by molar-refractivity contribution is -0.123. The third-order valence-corrected chi connectivity index (χ3v) is 5.27. The summed E-state index contributed by atoms with van der Waals surface area (Å²) in [6.07, 6.45) is 2.00. The van der Waals surface area contributed by atoms with Crippen LogP contribution in [0.4, 0.5) is 5.69 Å².